The topological polar surface area (TPSA) is 53.1 Å². The molecule has 2 N–H and O–H groups in total. The molecule has 0 radical (unpaired) electrons. The number of aromatic nitrogens is 1. The summed E-state index contributed by atoms with van der Waals surface area (Å²) in [5.74, 6) is -0.934. The maximum absolute atomic E-state index is 10.7. The van der Waals surface area contributed by atoms with Gasteiger partial charge in [0, 0.05) is 4.90 Å². The highest BCUT2D eigenvalue weighted by Crippen LogP contribution is 2.26. The zero-order valence-electron chi connectivity index (χ0n) is 8.73. The lowest BCUT2D eigenvalue weighted by atomic mass is 10.2. The minimum atomic E-state index is -0.934. The first-order valence-corrected chi connectivity index (χ1v) is 5.63. The molecular weight excluding hydrogens is 222 g/mol. The van der Waals surface area contributed by atoms with Gasteiger partial charge in [-0.3, -0.25) is 0 Å². The molecule has 0 aliphatic rings. The number of H-pyrrole nitrogens is 1. The Morgan fingerprint density at radius 2 is 1.88 bits per heavy atom. The number of aryl methyl sites for hydroxylation is 1. The van der Waals surface area contributed by atoms with Gasteiger partial charge in [-0.25, -0.2) is 4.79 Å². The molecule has 0 aliphatic carbocycles. The number of aromatic amines is 1. The van der Waals surface area contributed by atoms with E-state index in [2.05, 4.69) is 4.98 Å². The molecule has 2 rings (SSSR count). The number of nitrogens with one attached hydrogen (secondary N) is 1. The molecule has 0 fully saturated rings. The van der Waals surface area contributed by atoms with E-state index >= 15 is 0 Å². The highest BCUT2D eigenvalue weighted by Gasteiger charge is 2.06. The molecule has 0 aliphatic heterocycles. The van der Waals surface area contributed by atoms with Crippen molar-refractivity contribution in [2.45, 2.75) is 16.8 Å². The van der Waals surface area contributed by atoms with Gasteiger partial charge in [0.1, 0.15) is 5.69 Å². The minimum absolute atomic E-state index is 0.217. The molecule has 1 aromatic carbocycles. The Morgan fingerprint density at radius 3 is 2.44 bits per heavy atom. The van der Waals surface area contributed by atoms with Gasteiger partial charge in [0.05, 0.1) is 5.03 Å². The largest absolute Gasteiger partial charge is 0.477 e. The molecule has 0 amide bonds. The Balaban J connectivity index is 2.14. The quantitative estimate of drug-likeness (QED) is 0.856. The first kappa shape index (κ1) is 10.8. The van der Waals surface area contributed by atoms with Crippen molar-refractivity contribution < 1.29 is 9.90 Å². The summed E-state index contributed by atoms with van der Waals surface area (Å²) in [7, 11) is 0. The average Bonchev–Trinajstić information content (AvgIpc) is 2.70. The fraction of sp³-hybridized carbons (Fsp3) is 0.0833. The van der Waals surface area contributed by atoms with Gasteiger partial charge in [-0.1, -0.05) is 29.5 Å². The van der Waals surface area contributed by atoms with Gasteiger partial charge in [0.15, 0.2) is 0 Å². The van der Waals surface area contributed by atoms with Crippen LogP contribution in [0.5, 0.6) is 0 Å². The van der Waals surface area contributed by atoms with Crippen molar-refractivity contribution in [2.75, 3.05) is 0 Å². The van der Waals surface area contributed by atoms with Crippen molar-refractivity contribution in [1.29, 1.82) is 0 Å². The number of benzene rings is 1. The molecule has 0 atom stereocenters. The fourth-order valence-electron chi connectivity index (χ4n) is 1.29. The van der Waals surface area contributed by atoms with Crippen LogP contribution >= 0.6 is 11.8 Å². The van der Waals surface area contributed by atoms with E-state index in [0.717, 1.165) is 9.92 Å². The Bertz CT molecular complexity index is 502. The number of rotatable bonds is 3. The molecule has 16 heavy (non-hydrogen) atoms. The van der Waals surface area contributed by atoms with Gasteiger partial charge < -0.3 is 10.1 Å². The summed E-state index contributed by atoms with van der Waals surface area (Å²) in [6.07, 6.45) is 0. The monoisotopic (exact) mass is 233 g/mol. The maximum Gasteiger partial charge on any atom is 0.352 e. The average molecular weight is 233 g/mol. The third kappa shape index (κ3) is 2.46. The predicted octanol–water partition coefficient (Wildman–Crippen LogP) is 3.17. The number of carboxylic acid groups (broad SMARTS) is 1. The summed E-state index contributed by atoms with van der Waals surface area (Å²) < 4.78 is 0. The molecule has 4 heteroatoms. The van der Waals surface area contributed by atoms with Crippen molar-refractivity contribution in [3.63, 3.8) is 0 Å². The van der Waals surface area contributed by atoms with E-state index in [0.29, 0.717) is 0 Å². The fourth-order valence-corrected chi connectivity index (χ4v) is 2.12. The highest BCUT2D eigenvalue weighted by atomic mass is 32.2. The molecule has 0 spiro atoms. The Labute approximate surface area is 97.5 Å². The zero-order chi connectivity index (χ0) is 11.5. The van der Waals surface area contributed by atoms with E-state index in [1.807, 2.05) is 31.2 Å². The predicted molar refractivity (Wildman–Crippen MR) is 63.1 cm³/mol. The first-order valence-electron chi connectivity index (χ1n) is 4.82. The Morgan fingerprint density at radius 1 is 1.19 bits per heavy atom. The van der Waals surface area contributed by atoms with Crippen molar-refractivity contribution in [3.8, 4) is 0 Å². The lowest BCUT2D eigenvalue weighted by Gasteiger charge is -1.99. The molecule has 0 bridgehead atoms. The highest BCUT2D eigenvalue weighted by molar-refractivity contribution is 7.99. The van der Waals surface area contributed by atoms with Gasteiger partial charge in [-0.15, -0.1) is 0 Å². The zero-order valence-corrected chi connectivity index (χ0v) is 9.54. The molecule has 3 nitrogen and oxygen atoms in total. The molecule has 2 aromatic rings. The Kier molecular flexibility index (Phi) is 3.01. The number of hydrogen-bond acceptors (Lipinski definition) is 2. The summed E-state index contributed by atoms with van der Waals surface area (Å²) in [5.41, 5.74) is 1.43. The van der Waals surface area contributed by atoms with E-state index in [-0.39, 0.29) is 5.69 Å². The molecular formula is C12H11NO2S. The third-order valence-corrected chi connectivity index (χ3v) is 3.10. The van der Waals surface area contributed by atoms with Crippen LogP contribution in [0.15, 0.2) is 46.3 Å². The lowest BCUT2D eigenvalue weighted by molar-refractivity contribution is 0.0691. The van der Waals surface area contributed by atoms with Crippen molar-refractivity contribution >= 4 is 17.7 Å². The number of carbonyl (C=O) groups is 1. The van der Waals surface area contributed by atoms with Gasteiger partial charge >= 0.3 is 5.97 Å². The summed E-state index contributed by atoms with van der Waals surface area (Å²) in [4.78, 5) is 14.6. The second-order valence-electron chi connectivity index (χ2n) is 3.46. The van der Waals surface area contributed by atoms with Crippen LogP contribution in [0.4, 0.5) is 0 Å². The lowest BCUT2D eigenvalue weighted by Crippen LogP contribution is -1.95. The maximum atomic E-state index is 10.7. The minimum Gasteiger partial charge on any atom is -0.477 e. The molecule has 0 unspecified atom stereocenters. The van der Waals surface area contributed by atoms with Crippen molar-refractivity contribution in [1.82, 2.24) is 4.98 Å². The second-order valence-corrected chi connectivity index (χ2v) is 4.57. The molecule has 0 saturated carbocycles. The van der Waals surface area contributed by atoms with E-state index in [9.17, 15) is 4.79 Å². The second kappa shape index (κ2) is 4.45. The van der Waals surface area contributed by atoms with Gasteiger partial charge in [0.2, 0.25) is 0 Å². The Hall–Kier alpha value is -1.68. The van der Waals surface area contributed by atoms with Crippen LogP contribution in [-0.4, -0.2) is 16.1 Å². The molecule has 1 aromatic heterocycles. The first-order chi connectivity index (χ1) is 7.65. The third-order valence-electron chi connectivity index (χ3n) is 2.14. The number of carboxylic acids is 1. The van der Waals surface area contributed by atoms with Crippen LogP contribution in [0.25, 0.3) is 0 Å². The van der Waals surface area contributed by atoms with Crippen LogP contribution in [0.3, 0.4) is 0 Å². The van der Waals surface area contributed by atoms with Crippen LogP contribution in [-0.2, 0) is 0 Å². The van der Waals surface area contributed by atoms with Gasteiger partial charge in [-0.2, -0.15) is 0 Å². The summed E-state index contributed by atoms with van der Waals surface area (Å²) in [5, 5.41) is 9.59. The number of aromatic carboxylic acids is 1. The van der Waals surface area contributed by atoms with E-state index in [4.69, 9.17) is 5.11 Å². The molecule has 1 heterocycles. The van der Waals surface area contributed by atoms with Crippen molar-refractivity contribution in [2.24, 2.45) is 0 Å². The smallest absolute Gasteiger partial charge is 0.352 e. The van der Waals surface area contributed by atoms with E-state index in [1.165, 1.54) is 17.3 Å². The van der Waals surface area contributed by atoms with Crippen LogP contribution in [0, 0.1) is 6.92 Å². The van der Waals surface area contributed by atoms with Gasteiger partial charge in [0.25, 0.3) is 0 Å². The van der Waals surface area contributed by atoms with Crippen molar-refractivity contribution in [3.05, 3.63) is 47.7 Å². The SMILES string of the molecule is Cc1ccc(Sc2ccc(C(=O)O)[nH]2)cc1. The van der Waals surface area contributed by atoms with E-state index < -0.39 is 5.97 Å². The molecule has 82 valence electrons. The van der Waals surface area contributed by atoms with Gasteiger partial charge in [-0.05, 0) is 31.2 Å². The van der Waals surface area contributed by atoms with E-state index in [1.54, 1.807) is 12.1 Å². The van der Waals surface area contributed by atoms with Crippen LogP contribution in [0.1, 0.15) is 16.1 Å². The summed E-state index contributed by atoms with van der Waals surface area (Å²) in [6.45, 7) is 2.03. The van der Waals surface area contributed by atoms with Crippen LogP contribution < -0.4 is 0 Å². The summed E-state index contributed by atoms with van der Waals surface area (Å²) in [6, 6.07) is 11.4. The normalized spacial score (nSPS) is 10.3. The molecule has 0 saturated heterocycles. The standard InChI is InChI=1S/C12H11NO2S/c1-8-2-4-9(5-3-8)16-11-7-6-10(13-11)12(14)15/h2-7,13H,1H3,(H,14,15). The number of hydrogen-bond donors (Lipinski definition) is 2. The summed E-state index contributed by atoms with van der Waals surface area (Å²) >= 11 is 1.52. The van der Waals surface area contributed by atoms with Crippen LogP contribution in [0.2, 0.25) is 0 Å².